The van der Waals surface area contributed by atoms with Crippen LogP contribution in [0.4, 0.5) is 4.39 Å². The molecule has 0 aliphatic carbocycles. The summed E-state index contributed by atoms with van der Waals surface area (Å²) in [6, 6.07) is 5.95. The molecule has 0 aliphatic heterocycles. The maximum atomic E-state index is 12.8. The highest BCUT2D eigenvalue weighted by atomic mass is 32.1. The maximum absolute atomic E-state index is 12.8. The van der Waals surface area contributed by atoms with Crippen LogP contribution in [0, 0.1) is 12.7 Å². The number of thiazole rings is 1. The molecule has 1 N–H and O–H groups in total. The van der Waals surface area contributed by atoms with Crippen molar-refractivity contribution in [1.82, 2.24) is 4.98 Å². The molecule has 0 unspecified atom stereocenters. The van der Waals surface area contributed by atoms with Crippen LogP contribution in [0.1, 0.15) is 28.4 Å². The maximum Gasteiger partial charge on any atom is 0.303 e. The molecular formula is C16H18FNO3S. The van der Waals surface area contributed by atoms with Crippen LogP contribution < -0.4 is 4.74 Å². The first kappa shape index (κ1) is 16.4. The molecule has 1 aromatic carbocycles. The van der Waals surface area contributed by atoms with Crippen molar-refractivity contribution in [1.29, 1.82) is 0 Å². The molecule has 0 aliphatic rings. The lowest BCUT2D eigenvalue weighted by Gasteiger charge is -2.04. The van der Waals surface area contributed by atoms with E-state index < -0.39 is 5.97 Å². The van der Waals surface area contributed by atoms with Gasteiger partial charge in [-0.25, -0.2) is 9.37 Å². The van der Waals surface area contributed by atoms with Crippen molar-refractivity contribution in [3.63, 3.8) is 0 Å². The van der Waals surface area contributed by atoms with Crippen LogP contribution in [0.25, 0.3) is 0 Å². The van der Waals surface area contributed by atoms with Gasteiger partial charge in [0.1, 0.15) is 11.6 Å². The van der Waals surface area contributed by atoms with Gasteiger partial charge in [0.2, 0.25) is 0 Å². The van der Waals surface area contributed by atoms with Crippen LogP contribution in [0.15, 0.2) is 24.3 Å². The van der Waals surface area contributed by atoms with Crippen LogP contribution in [0.3, 0.4) is 0 Å². The highest BCUT2D eigenvalue weighted by molar-refractivity contribution is 7.11. The first-order chi connectivity index (χ1) is 10.5. The lowest BCUT2D eigenvalue weighted by atomic mass is 10.2. The molecule has 0 spiro atoms. The number of ether oxygens (including phenoxy) is 1. The van der Waals surface area contributed by atoms with Crippen LogP contribution in [-0.2, 0) is 17.6 Å². The van der Waals surface area contributed by atoms with Crippen molar-refractivity contribution in [2.45, 2.75) is 32.6 Å². The molecule has 0 atom stereocenters. The lowest BCUT2D eigenvalue weighted by Crippen LogP contribution is -1.99. The predicted molar refractivity (Wildman–Crippen MR) is 83.0 cm³/mol. The number of carboxylic acids is 1. The zero-order chi connectivity index (χ0) is 15.9. The number of carbonyl (C=O) groups is 1. The molecular weight excluding hydrogens is 305 g/mol. The van der Waals surface area contributed by atoms with E-state index in [9.17, 15) is 9.18 Å². The standard InChI is InChI=1S/C16H18FNO3S/c1-11-14(8-9-16(19)20)22-15(18-11)3-2-10-21-13-6-4-12(17)5-7-13/h4-7H,2-3,8-10H2,1H3,(H,19,20). The van der Waals surface area contributed by atoms with Gasteiger partial charge < -0.3 is 9.84 Å². The van der Waals surface area contributed by atoms with E-state index in [4.69, 9.17) is 9.84 Å². The molecule has 22 heavy (non-hydrogen) atoms. The number of carboxylic acid groups (broad SMARTS) is 1. The van der Waals surface area contributed by atoms with Gasteiger partial charge in [-0.3, -0.25) is 4.79 Å². The number of hydrogen-bond acceptors (Lipinski definition) is 4. The third-order valence-electron chi connectivity index (χ3n) is 3.12. The Balaban J connectivity index is 1.76. The van der Waals surface area contributed by atoms with Gasteiger partial charge in [0, 0.05) is 11.3 Å². The fraction of sp³-hybridized carbons (Fsp3) is 0.375. The number of nitrogens with zero attached hydrogens (tertiary/aromatic N) is 1. The van der Waals surface area contributed by atoms with Crippen molar-refractivity contribution in [2.24, 2.45) is 0 Å². The number of benzene rings is 1. The van der Waals surface area contributed by atoms with Crippen LogP contribution >= 0.6 is 11.3 Å². The van der Waals surface area contributed by atoms with Gasteiger partial charge in [0.25, 0.3) is 0 Å². The highest BCUT2D eigenvalue weighted by Crippen LogP contribution is 2.21. The van der Waals surface area contributed by atoms with Gasteiger partial charge in [-0.15, -0.1) is 11.3 Å². The average Bonchev–Trinajstić information content (AvgIpc) is 2.83. The molecule has 0 saturated heterocycles. The van der Waals surface area contributed by atoms with Gasteiger partial charge in [0.15, 0.2) is 0 Å². The van der Waals surface area contributed by atoms with E-state index >= 15 is 0 Å². The summed E-state index contributed by atoms with van der Waals surface area (Å²) in [5.41, 5.74) is 0.917. The average molecular weight is 323 g/mol. The normalized spacial score (nSPS) is 10.6. The second-order valence-electron chi connectivity index (χ2n) is 4.92. The van der Waals surface area contributed by atoms with Gasteiger partial charge >= 0.3 is 5.97 Å². The summed E-state index contributed by atoms with van der Waals surface area (Å²) in [4.78, 5) is 16.1. The third kappa shape index (κ3) is 5.11. The van der Waals surface area contributed by atoms with Crippen molar-refractivity contribution in [3.8, 4) is 5.75 Å². The Hall–Kier alpha value is -1.95. The molecule has 1 aromatic heterocycles. The molecule has 2 aromatic rings. The van der Waals surface area contributed by atoms with Crippen LogP contribution in [0.5, 0.6) is 5.75 Å². The Kier molecular flexibility index (Phi) is 5.89. The van der Waals surface area contributed by atoms with E-state index in [1.165, 1.54) is 12.1 Å². The Morgan fingerprint density at radius 2 is 2.05 bits per heavy atom. The summed E-state index contributed by atoms with van der Waals surface area (Å²) in [6.07, 6.45) is 2.27. The van der Waals surface area contributed by atoms with Gasteiger partial charge in [0.05, 0.1) is 23.7 Å². The van der Waals surface area contributed by atoms with Crippen molar-refractivity contribution in [2.75, 3.05) is 6.61 Å². The van der Waals surface area contributed by atoms with E-state index in [0.29, 0.717) is 18.8 Å². The largest absolute Gasteiger partial charge is 0.494 e. The Bertz CT molecular complexity index is 625. The molecule has 0 bridgehead atoms. The second kappa shape index (κ2) is 7.89. The molecule has 0 amide bonds. The summed E-state index contributed by atoms with van der Waals surface area (Å²) >= 11 is 1.57. The van der Waals surface area contributed by atoms with Crippen molar-refractivity contribution < 1.29 is 19.0 Å². The molecule has 1 heterocycles. The summed E-state index contributed by atoms with van der Waals surface area (Å²) < 4.78 is 18.3. The molecule has 4 nitrogen and oxygen atoms in total. The SMILES string of the molecule is Cc1nc(CCCOc2ccc(F)cc2)sc1CCC(=O)O. The van der Waals surface area contributed by atoms with Gasteiger partial charge in [-0.1, -0.05) is 0 Å². The minimum absolute atomic E-state index is 0.135. The molecule has 6 heteroatoms. The molecule has 0 fully saturated rings. The van der Waals surface area contributed by atoms with E-state index in [1.54, 1.807) is 23.5 Å². The van der Waals surface area contributed by atoms with Gasteiger partial charge in [-0.2, -0.15) is 0 Å². The summed E-state index contributed by atoms with van der Waals surface area (Å²) in [7, 11) is 0. The predicted octanol–water partition coefficient (Wildman–Crippen LogP) is 3.62. The first-order valence-electron chi connectivity index (χ1n) is 7.10. The smallest absolute Gasteiger partial charge is 0.303 e. The summed E-state index contributed by atoms with van der Waals surface area (Å²) in [5, 5.41) is 9.72. The molecule has 0 saturated carbocycles. The topological polar surface area (TPSA) is 59.4 Å². The zero-order valence-corrected chi connectivity index (χ0v) is 13.2. The Labute approximate surface area is 132 Å². The third-order valence-corrected chi connectivity index (χ3v) is 4.40. The van der Waals surface area contributed by atoms with Crippen LogP contribution in [0.2, 0.25) is 0 Å². The number of halogens is 1. The minimum atomic E-state index is -0.790. The number of hydrogen-bond donors (Lipinski definition) is 1. The van der Waals surface area contributed by atoms with Crippen molar-refractivity contribution >= 4 is 17.3 Å². The van der Waals surface area contributed by atoms with E-state index in [0.717, 1.165) is 28.4 Å². The Morgan fingerprint density at radius 1 is 1.32 bits per heavy atom. The number of aryl methyl sites for hydroxylation is 3. The Morgan fingerprint density at radius 3 is 2.73 bits per heavy atom. The van der Waals surface area contributed by atoms with E-state index in [-0.39, 0.29) is 12.2 Å². The summed E-state index contributed by atoms with van der Waals surface area (Å²) in [6.45, 7) is 2.45. The van der Waals surface area contributed by atoms with E-state index in [1.807, 2.05) is 6.92 Å². The molecule has 2 rings (SSSR count). The molecule has 0 radical (unpaired) electrons. The highest BCUT2D eigenvalue weighted by Gasteiger charge is 2.09. The fourth-order valence-electron chi connectivity index (χ4n) is 1.99. The van der Waals surface area contributed by atoms with Gasteiger partial charge in [-0.05, 0) is 44.0 Å². The molecule has 118 valence electrons. The minimum Gasteiger partial charge on any atom is -0.494 e. The number of aliphatic carboxylic acids is 1. The monoisotopic (exact) mass is 323 g/mol. The van der Waals surface area contributed by atoms with E-state index in [2.05, 4.69) is 4.98 Å². The zero-order valence-electron chi connectivity index (χ0n) is 12.3. The number of aromatic nitrogens is 1. The van der Waals surface area contributed by atoms with Crippen molar-refractivity contribution in [3.05, 3.63) is 45.7 Å². The fourth-order valence-corrected chi connectivity index (χ4v) is 3.10. The quantitative estimate of drug-likeness (QED) is 0.754. The number of rotatable bonds is 8. The summed E-state index contributed by atoms with van der Waals surface area (Å²) in [5.74, 6) is -0.416. The second-order valence-corrected chi connectivity index (χ2v) is 6.08. The lowest BCUT2D eigenvalue weighted by molar-refractivity contribution is -0.136. The first-order valence-corrected chi connectivity index (χ1v) is 7.91. The van der Waals surface area contributed by atoms with Crippen LogP contribution in [-0.4, -0.2) is 22.7 Å².